The quantitative estimate of drug-likeness (QED) is 0.391. The number of nitrogens with zero attached hydrogens (tertiary/aromatic N) is 3. The van der Waals surface area contributed by atoms with Gasteiger partial charge in [-0.1, -0.05) is 48.9 Å². The molecule has 2 aromatic carbocycles. The van der Waals surface area contributed by atoms with Gasteiger partial charge in [-0.15, -0.1) is 0 Å². The number of anilines is 1. The standard InChI is InChI=1S/C30H31N3O6S/c1-6-8-15-32-20-12-10-9-11-19(20)24(27(32)34)26-28(35)33-25(18-13-14-21(37-4)22(16-18)38-5)23(29(36)39-7-2)17(3)31-30(33)40-26/h9-14,16,25H,6-8,15H2,1-5H3/b26-24-/t25-/m1/s1. The van der Waals surface area contributed by atoms with E-state index in [0.717, 1.165) is 35.4 Å². The van der Waals surface area contributed by atoms with Crippen molar-refractivity contribution in [2.75, 3.05) is 32.3 Å². The van der Waals surface area contributed by atoms with Crippen LogP contribution in [-0.4, -0.2) is 43.8 Å². The number of carbonyl (C=O) groups excluding carboxylic acids is 2. The minimum absolute atomic E-state index is 0.168. The van der Waals surface area contributed by atoms with Crippen LogP contribution in [0.4, 0.5) is 5.69 Å². The maximum Gasteiger partial charge on any atom is 0.338 e. The van der Waals surface area contributed by atoms with E-state index in [1.807, 2.05) is 24.3 Å². The smallest absolute Gasteiger partial charge is 0.338 e. The zero-order chi connectivity index (χ0) is 28.6. The highest BCUT2D eigenvalue weighted by Crippen LogP contribution is 2.37. The van der Waals surface area contributed by atoms with Gasteiger partial charge in [0, 0.05) is 12.1 Å². The molecule has 0 unspecified atom stereocenters. The van der Waals surface area contributed by atoms with E-state index in [-0.39, 0.29) is 18.1 Å². The number of amides is 1. The molecule has 0 fully saturated rings. The van der Waals surface area contributed by atoms with Crippen LogP contribution in [0.25, 0.3) is 5.57 Å². The number of benzene rings is 2. The third-order valence-electron chi connectivity index (χ3n) is 7.10. The van der Waals surface area contributed by atoms with Crippen molar-refractivity contribution in [3.05, 3.63) is 84.5 Å². The monoisotopic (exact) mass is 561 g/mol. The van der Waals surface area contributed by atoms with Crippen molar-refractivity contribution in [1.29, 1.82) is 0 Å². The average molecular weight is 562 g/mol. The van der Waals surface area contributed by atoms with Crippen molar-refractivity contribution >= 4 is 34.5 Å². The van der Waals surface area contributed by atoms with E-state index in [0.29, 0.717) is 44.2 Å². The molecule has 0 aliphatic carbocycles. The molecular weight excluding hydrogens is 530 g/mol. The summed E-state index contributed by atoms with van der Waals surface area (Å²) in [5.74, 6) is 0.201. The Morgan fingerprint density at radius 3 is 2.50 bits per heavy atom. The molecule has 40 heavy (non-hydrogen) atoms. The zero-order valence-electron chi connectivity index (χ0n) is 23.1. The first-order valence-corrected chi connectivity index (χ1v) is 14.0. The first kappa shape index (κ1) is 27.4. The first-order chi connectivity index (χ1) is 19.4. The predicted molar refractivity (Wildman–Crippen MR) is 153 cm³/mol. The van der Waals surface area contributed by atoms with E-state index in [2.05, 4.69) is 11.9 Å². The van der Waals surface area contributed by atoms with Gasteiger partial charge in [0.25, 0.3) is 11.5 Å². The third kappa shape index (κ3) is 4.42. The lowest BCUT2D eigenvalue weighted by Gasteiger charge is -2.25. The largest absolute Gasteiger partial charge is 0.493 e. The van der Waals surface area contributed by atoms with Gasteiger partial charge in [0.05, 0.1) is 49.4 Å². The molecule has 208 valence electrons. The number of para-hydroxylation sites is 1. The second-order valence-electron chi connectivity index (χ2n) is 9.44. The van der Waals surface area contributed by atoms with Gasteiger partial charge >= 0.3 is 5.97 Å². The maximum absolute atomic E-state index is 14.3. The molecule has 0 N–H and O–H groups in total. The van der Waals surface area contributed by atoms with Gasteiger partial charge in [0.15, 0.2) is 16.3 Å². The van der Waals surface area contributed by atoms with Crippen LogP contribution in [0.15, 0.2) is 63.5 Å². The van der Waals surface area contributed by atoms with Gasteiger partial charge in [-0.25, -0.2) is 9.79 Å². The second-order valence-corrected chi connectivity index (χ2v) is 10.4. The van der Waals surface area contributed by atoms with Gasteiger partial charge in [0.1, 0.15) is 4.53 Å². The molecule has 1 atom stereocenters. The third-order valence-corrected chi connectivity index (χ3v) is 8.15. The fourth-order valence-electron chi connectivity index (χ4n) is 5.22. The molecule has 9 nitrogen and oxygen atoms in total. The molecule has 3 aromatic rings. The number of esters is 1. The maximum atomic E-state index is 14.3. The fraction of sp³-hybridized carbons (Fsp3) is 0.333. The molecule has 2 aliphatic heterocycles. The van der Waals surface area contributed by atoms with Crippen molar-refractivity contribution in [1.82, 2.24) is 4.57 Å². The van der Waals surface area contributed by atoms with Crippen LogP contribution in [0.1, 0.15) is 50.8 Å². The number of hydrogen-bond donors (Lipinski definition) is 0. The molecule has 0 saturated heterocycles. The summed E-state index contributed by atoms with van der Waals surface area (Å²) in [6.07, 6.45) is 1.78. The molecule has 1 aromatic heterocycles. The number of allylic oxidation sites excluding steroid dienone is 1. The molecule has 0 saturated carbocycles. The number of methoxy groups -OCH3 is 2. The molecule has 5 rings (SSSR count). The highest BCUT2D eigenvalue weighted by atomic mass is 32.1. The lowest BCUT2D eigenvalue weighted by Crippen LogP contribution is -2.41. The van der Waals surface area contributed by atoms with Crippen molar-refractivity contribution in [3.63, 3.8) is 0 Å². The number of rotatable bonds is 8. The van der Waals surface area contributed by atoms with Crippen LogP contribution in [0.3, 0.4) is 0 Å². The Labute approximate surface area is 235 Å². The van der Waals surface area contributed by atoms with E-state index in [4.69, 9.17) is 14.2 Å². The Hall–Kier alpha value is -4.18. The summed E-state index contributed by atoms with van der Waals surface area (Å²) in [6.45, 7) is 6.26. The summed E-state index contributed by atoms with van der Waals surface area (Å²) < 4.78 is 18.1. The van der Waals surface area contributed by atoms with E-state index in [9.17, 15) is 14.4 Å². The number of aromatic nitrogens is 1. The highest BCUT2D eigenvalue weighted by Gasteiger charge is 2.37. The molecule has 1 amide bonds. The minimum atomic E-state index is -0.840. The normalized spacial score (nSPS) is 17.4. The van der Waals surface area contributed by atoms with Crippen molar-refractivity contribution in [3.8, 4) is 11.5 Å². The van der Waals surface area contributed by atoms with Gasteiger partial charge in [0.2, 0.25) is 0 Å². The molecule has 2 aliphatic rings. The Kier molecular flexibility index (Phi) is 7.62. The van der Waals surface area contributed by atoms with Gasteiger partial charge in [-0.3, -0.25) is 14.2 Å². The van der Waals surface area contributed by atoms with Gasteiger partial charge in [-0.05, 0) is 44.0 Å². The van der Waals surface area contributed by atoms with Gasteiger partial charge in [-0.2, -0.15) is 0 Å². The fourth-order valence-corrected chi connectivity index (χ4v) is 6.35. The topological polar surface area (TPSA) is 99.4 Å². The Bertz CT molecular complexity index is 1720. The first-order valence-electron chi connectivity index (χ1n) is 13.2. The summed E-state index contributed by atoms with van der Waals surface area (Å²) in [5, 5.41) is 0. The lowest BCUT2D eigenvalue weighted by atomic mass is 9.95. The number of fused-ring (bicyclic) bond motifs is 2. The van der Waals surface area contributed by atoms with E-state index in [1.165, 1.54) is 18.8 Å². The number of ether oxygens (including phenoxy) is 3. The number of unbranched alkanes of at least 4 members (excludes halogenated alkanes) is 1. The molecule has 0 radical (unpaired) electrons. The molecular formula is C30H31N3O6S. The van der Waals surface area contributed by atoms with Gasteiger partial charge < -0.3 is 19.1 Å². The van der Waals surface area contributed by atoms with Crippen molar-refractivity contribution in [2.24, 2.45) is 4.99 Å². The number of thiazole rings is 1. The summed E-state index contributed by atoms with van der Waals surface area (Å²) >= 11 is 1.16. The van der Waals surface area contributed by atoms with Crippen LogP contribution in [0.5, 0.6) is 11.5 Å². The molecule has 0 spiro atoms. The highest BCUT2D eigenvalue weighted by molar-refractivity contribution is 7.07. The molecule has 0 bridgehead atoms. The summed E-state index contributed by atoms with van der Waals surface area (Å²) in [5.41, 5.74) is 2.79. The van der Waals surface area contributed by atoms with Crippen LogP contribution < -0.4 is 29.3 Å². The van der Waals surface area contributed by atoms with Crippen molar-refractivity contribution < 1.29 is 23.8 Å². The number of carbonyl (C=O) groups is 2. The SMILES string of the molecule is CCCCN1C(=O)/C(=c2\sc3n(c2=O)[C@H](c2ccc(OC)c(OC)c2)C(C(=O)OCC)=C(C)N=3)c2ccccc21. The number of hydrogen-bond acceptors (Lipinski definition) is 8. The van der Waals surface area contributed by atoms with E-state index >= 15 is 0 Å². The summed E-state index contributed by atoms with van der Waals surface area (Å²) in [4.78, 5) is 48.1. The van der Waals surface area contributed by atoms with Crippen LogP contribution in [-0.2, 0) is 14.3 Å². The van der Waals surface area contributed by atoms with E-state index < -0.39 is 17.6 Å². The summed E-state index contributed by atoms with van der Waals surface area (Å²) in [7, 11) is 3.06. The summed E-state index contributed by atoms with van der Waals surface area (Å²) in [6, 6.07) is 11.9. The zero-order valence-corrected chi connectivity index (χ0v) is 24.0. The second kappa shape index (κ2) is 11.1. The average Bonchev–Trinajstić information content (AvgIpc) is 3.42. The lowest BCUT2D eigenvalue weighted by molar-refractivity contribution is -0.139. The van der Waals surface area contributed by atoms with E-state index in [1.54, 1.807) is 36.9 Å². The van der Waals surface area contributed by atoms with Crippen LogP contribution in [0, 0.1) is 0 Å². The minimum Gasteiger partial charge on any atom is -0.493 e. The molecule has 10 heteroatoms. The molecule has 3 heterocycles. The Balaban J connectivity index is 1.79. The Morgan fingerprint density at radius 2 is 1.80 bits per heavy atom. The van der Waals surface area contributed by atoms with Crippen LogP contribution >= 0.6 is 11.3 Å². The van der Waals surface area contributed by atoms with Crippen molar-refractivity contribution in [2.45, 2.75) is 39.7 Å². The Morgan fingerprint density at radius 1 is 1.05 bits per heavy atom. The predicted octanol–water partition coefficient (Wildman–Crippen LogP) is 3.33. The van der Waals surface area contributed by atoms with Crippen LogP contribution in [0.2, 0.25) is 0 Å².